The molecule has 2 unspecified atom stereocenters. The van der Waals surface area contributed by atoms with Gasteiger partial charge in [-0.3, -0.25) is 0 Å². The van der Waals surface area contributed by atoms with Crippen LogP contribution in [0.3, 0.4) is 0 Å². The molecule has 0 amide bonds. The number of quaternary nitrogens is 1. The Balaban J connectivity index is 1.83. The summed E-state index contributed by atoms with van der Waals surface area (Å²) in [5.74, 6) is -0.237. The molecule has 3 nitrogen and oxygen atoms in total. The van der Waals surface area contributed by atoms with Crippen LogP contribution in [0.4, 0.5) is 0 Å². The fourth-order valence-corrected chi connectivity index (χ4v) is 2.26. The van der Waals surface area contributed by atoms with Gasteiger partial charge in [-0.05, 0) is 18.1 Å². The van der Waals surface area contributed by atoms with Crippen LogP contribution >= 0.6 is 0 Å². The van der Waals surface area contributed by atoms with Crippen LogP contribution in [0, 0.1) is 0 Å². The van der Waals surface area contributed by atoms with Gasteiger partial charge in [-0.1, -0.05) is 30.3 Å². The number of piperidine rings is 1. The van der Waals surface area contributed by atoms with E-state index in [9.17, 15) is 4.79 Å². The molecule has 0 bridgehead atoms. The van der Waals surface area contributed by atoms with Gasteiger partial charge in [0.1, 0.15) is 6.54 Å². The molecule has 3 heteroatoms. The van der Waals surface area contributed by atoms with E-state index < -0.39 is 0 Å². The Kier molecular flexibility index (Phi) is 4.53. The number of likely N-dealkylation sites (N-methyl/N-ethyl adjacent to an activating group) is 1. The highest BCUT2D eigenvalue weighted by atomic mass is 16.5. The average molecular weight is 246 g/mol. The molecule has 2 rings (SSSR count). The van der Waals surface area contributed by atoms with Crippen molar-refractivity contribution in [3.05, 3.63) is 42.0 Å². The van der Waals surface area contributed by atoms with Gasteiger partial charge in [-0.25, -0.2) is 4.79 Å². The fourth-order valence-electron chi connectivity index (χ4n) is 2.26. The smallest absolute Gasteiger partial charge is 0.331 e. The summed E-state index contributed by atoms with van der Waals surface area (Å²) >= 11 is 0. The van der Waals surface area contributed by atoms with E-state index in [1.165, 1.54) is 17.5 Å². The average Bonchev–Trinajstić information content (AvgIpc) is 2.38. The number of benzene rings is 1. The third kappa shape index (κ3) is 4.00. The number of hydrogen-bond acceptors (Lipinski definition) is 2. The van der Waals surface area contributed by atoms with Crippen LogP contribution in [0.15, 0.2) is 36.4 Å². The quantitative estimate of drug-likeness (QED) is 0.635. The fraction of sp³-hybridized carbons (Fsp3) is 0.400. The van der Waals surface area contributed by atoms with E-state index in [1.807, 2.05) is 30.3 Å². The molecule has 1 aliphatic heterocycles. The normalized spacial score (nSPS) is 24.1. The molecule has 96 valence electrons. The largest absolute Gasteiger partial charge is 0.453 e. The summed E-state index contributed by atoms with van der Waals surface area (Å²) in [6.07, 6.45) is 5.50. The molecule has 1 aliphatic rings. The number of esters is 1. The maximum absolute atomic E-state index is 11.7. The van der Waals surface area contributed by atoms with Crippen LogP contribution in [0.2, 0.25) is 0 Å². The lowest BCUT2D eigenvalue weighted by Crippen LogP contribution is -3.11. The topological polar surface area (TPSA) is 30.7 Å². The minimum absolute atomic E-state index is 0.0756. The van der Waals surface area contributed by atoms with Crippen molar-refractivity contribution in [2.45, 2.75) is 18.9 Å². The Labute approximate surface area is 108 Å². The van der Waals surface area contributed by atoms with Crippen molar-refractivity contribution in [2.24, 2.45) is 0 Å². The zero-order valence-electron chi connectivity index (χ0n) is 10.8. The zero-order chi connectivity index (χ0) is 12.8. The molecule has 0 aromatic heterocycles. The highest BCUT2D eigenvalue weighted by molar-refractivity contribution is 5.87. The first kappa shape index (κ1) is 12.8. The van der Waals surface area contributed by atoms with Gasteiger partial charge in [0.15, 0.2) is 6.10 Å². The predicted molar refractivity (Wildman–Crippen MR) is 71.2 cm³/mol. The molecule has 1 aromatic rings. The first-order chi connectivity index (χ1) is 8.74. The Hall–Kier alpha value is -1.61. The Morgan fingerprint density at radius 3 is 2.89 bits per heavy atom. The molecule has 1 fully saturated rings. The molecule has 1 saturated heterocycles. The van der Waals surface area contributed by atoms with E-state index in [0.29, 0.717) is 0 Å². The molecular formula is C15H20NO2+. The van der Waals surface area contributed by atoms with Gasteiger partial charge < -0.3 is 9.64 Å². The number of carbonyl (C=O) groups excluding carboxylic acids is 1. The van der Waals surface area contributed by atoms with Gasteiger partial charge >= 0.3 is 5.97 Å². The Bertz CT molecular complexity index is 414. The monoisotopic (exact) mass is 246 g/mol. The van der Waals surface area contributed by atoms with Gasteiger partial charge in [-0.2, -0.15) is 0 Å². The molecule has 1 aromatic carbocycles. The second-order valence-electron chi connectivity index (χ2n) is 4.86. The molecule has 2 atom stereocenters. The van der Waals surface area contributed by atoms with Crippen molar-refractivity contribution in [2.75, 3.05) is 20.1 Å². The molecule has 0 radical (unpaired) electrons. The van der Waals surface area contributed by atoms with Crippen molar-refractivity contribution >= 4 is 12.0 Å². The Morgan fingerprint density at radius 1 is 1.39 bits per heavy atom. The Morgan fingerprint density at radius 2 is 2.17 bits per heavy atom. The van der Waals surface area contributed by atoms with Gasteiger partial charge in [0.2, 0.25) is 0 Å². The first-order valence-corrected chi connectivity index (χ1v) is 6.49. The minimum Gasteiger partial charge on any atom is -0.453 e. The van der Waals surface area contributed by atoms with E-state index in [2.05, 4.69) is 7.05 Å². The molecule has 0 spiro atoms. The summed E-state index contributed by atoms with van der Waals surface area (Å²) in [5, 5.41) is 0. The number of carbonyl (C=O) groups is 1. The van der Waals surface area contributed by atoms with Crippen LogP contribution in [0.5, 0.6) is 0 Å². The van der Waals surface area contributed by atoms with Crippen LogP contribution in [-0.2, 0) is 9.53 Å². The second kappa shape index (κ2) is 6.36. The third-order valence-corrected chi connectivity index (χ3v) is 3.20. The predicted octanol–water partition coefficient (Wildman–Crippen LogP) is 0.920. The summed E-state index contributed by atoms with van der Waals surface area (Å²) in [6, 6.07) is 9.77. The van der Waals surface area contributed by atoms with E-state index >= 15 is 0 Å². The van der Waals surface area contributed by atoms with Crippen molar-refractivity contribution in [1.29, 1.82) is 0 Å². The molecule has 1 N–H and O–H groups in total. The van der Waals surface area contributed by atoms with Crippen LogP contribution in [-0.4, -0.2) is 32.2 Å². The van der Waals surface area contributed by atoms with Gasteiger partial charge in [-0.15, -0.1) is 0 Å². The van der Waals surface area contributed by atoms with Gasteiger partial charge in [0.25, 0.3) is 0 Å². The molecular weight excluding hydrogens is 226 g/mol. The highest BCUT2D eigenvalue weighted by Gasteiger charge is 2.22. The van der Waals surface area contributed by atoms with Gasteiger partial charge in [0.05, 0.1) is 13.6 Å². The maximum Gasteiger partial charge on any atom is 0.331 e. The third-order valence-electron chi connectivity index (χ3n) is 3.20. The number of nitrogens with one attached hydrogen (secondary N) is 1. The molecule has 18 heavy (non-hydrogen) atoms. The SMILES string of the molecule is C[NH+]1CCCC(OC(=O)C=Cc2ccccc2)C1. The number of rotatable bonds is 3. The summed E-state index contributed by atoms with van der Waals surface area (Å²) in [4.78, 5) is 13.1. The standard InChI is InChI=1S/C15H19NO2/c1-16-11-5-8-14(12-16)18-15(17)10-9-13-6-3-2-4-7-13/h2-4,6-7,9-10,14H,5,8,11-12H2,1H3/p+1. The van der Waals surface area contributed by atoms with Crippen molar-refractivity contribution < 1.29 is 14.4 Å². The highest BCUT2D eigenvalue weighted by Crippen LogP contribution is 2.05. The number of likely N-dealkylation sites (tertiary alicyclic amines) is 1. The summed E-state index contributed by atoms with van der Waals surface area (Å²) in [7, 11) is 2.14. The van der Waals surface area contributed by atoms with Crippen molar-refractivity contribution in [1.82, 2.24) is 0 Å². The lowest BCUT2D eigenvalue weighted by atomic mass is 10.1. The molecule has 1 heterocycles. The lowest BCUT2D eigenvalue weighted by Gasteiger charge is -2.26. The second-order valence-corrected chi connectivity index (χ2v) is 4.86. The number of hydrogen-bond donors (Lipinski definition) is 1. The maximum atomic E-state index is 11.7. The first-order valence-electron chi connectivity index (χ1n) is 6.49. The van der Waals surface area contributed by atoms with E-state index in [4.69, 9.17) is 4.74 Å². The van der Waals surface area contributed by atoms with E-state index in [1.54, 1.807) is 6.08 Å². The summed E-state index contributed by atoms with van der Waals surface area (Å²) in [6.45, 7) is 2.10. The van der Waals surface area contributed by atoms with E-state index in [0.717, 1.165) is 24.9 Å². The summed E-state index contributed by atoms with van der Waals surface area (Å²) in [5.41, 5.74) is 1.01. The van der Waals surface area contributed by atoms with Crippen LogP contribution < -0.4 is 4.90 Å². The summed E-state index contributed by atoms with van der Waals surface area (Å²) < 4.78 is 5.44. The molecule has 0 saturated carbocycles. The molecule has 0 aliphatic carbocycles. The minimum atomic E-state index is -0.237. The van der Waals surface area contributed by atoms with Crippen LogP contribution in [0.1, 0.15) is 18.4 Å². The van der Waals surface area contributed by atoms with Crippen molar-refractivity contribution in [3.63, 3.8) is 0 Å². The van der Waals surface area contributed by atoms with Crippen LogP contribution in [0.25, 0.3) is 6.08 Å². The van der Waals surface area contributed by atoms with Crippen molar-refractivity contribution in [3.8, 4) is 0 Å². The van der Waals surface area contributed by atoms with E-state index in [-0.39, 0.29) is 12.1 Å². The zero-order valence-corrected chi connectivity index (χ0v) is 10.8. The lowest BCUT2D eigenvalue weighted by molar-refractivity contribution is -0.888. The number of ether oxygens (including phenoxy) is 1. The van der Waals surface area contributed by atoms with Gasteiger partial charge in [0, 0.05) is 12.5 Å².